The molecule has 0 aromatic heterocycles. The van der Waals surface area contributed by atoms with Crippen LogP contribution in [-0.4, -0.2) is 316 Å². The molecule has 34 heteroatoms. The van der Waals surface area contributed by atoms with Gasteiger partial charge in [-0.3, -0.25) is 9.59 Å². The van der Waals surface area contributed by atoms with E-state index in [1.54, 1.807) is 12.1 Å². The van der Waals surface area contributed by atoms with Crippen molar-refractivity contribution < 1.29 is 158 Å². The van der Waals surface area contributed by atoms with Crippen LogP contribution in [0.1, 0.15) is 131 Å². The lowest BCUT2D eigenvalue weighted by molar-refractivity contribution is -0.375. The summed E-state index contributed by atoms with van der Waals surface area (Å²) in [7, 11) is 0. The van der Waals surface area contributed by atoms with E-state index in [9.17, 15) is 91.3 Å². The highest BCUT2D eigenvalue weighted by atomic mass is 16.8. The third-order valence-electron chi connectivity index (χ3n) is 26.8. The van der Waals surface area contributed by atoms with Crippen LogP contribution in [0.4, 0.5) is 5.69 Å². The highest BCUT2D eigenvalue weighted by Gasteiger charge is 2.74. The number of carbonyl (C=O) groups is 3. The number of aliphatic hydroxyl groups is 16. The molecule has 38 atom stereocenters. The topological polar surface area (TPSA) is 533 Å². The Balaban J connectivity index is 0.809. The van der Waals surface area contributed by atoms with Gasteiger partial charge in [0.15, 0.2) is 37.6 Å². The summed E-state index contributed by atoms with van der Waals surface area (Å²) in [6.07, 6.45) is -43.4. The number of aliphatic hydroxyl groups excluding tert-OH is 16. The Morgan fingerprint density at radius 2 is 1.13 bits per heavy atom. The van der Waals surface area contributed by atoms with Crippen LogP contribution in [0.15, 0.2) is 35.9 Å². The molecule has 0 radical (unpaired) electrons. The van der Waals surface area contributed by atoms with Crippen LogP contribution in [0.25, 0.3) is 0 Å². The second-order valence-corrected chi connectivity index (χ2v) is 33.8. The number of hydrogen-bond acceptors (Lipinski definition) is 33. The number of nitrogen functional groups attached to an aromatic ring is 1. The van der Waals surface area contributed by atoms with Crippen LogP contribution in [0, 0.1) is 50.2 Å². The molecule has 1 aromatic carbocycles. The summed E-state index contributed by atoms with van der Waals surface area (Å²) in [6, 6.07) is 5.00. The van der Waals surface area contributed by atoms with Gasteiger partial charge in [-0.1, -0.05) is 72.2 Å². The van der Waals surface area contributed by atoms with Gasteiger partial charge in [0.05, 0.1) is 56.4 Å². The number of anilines is 1. The average molecular weight is 1530 g/mol. The number of allylic oxidation sites excluding steroid dienone is 2. The van der Waals surface area contributed by atoms with E-state index in [4.69, 9.17) is 67.3 Å². The van der Waals surface area contributed by atoms with E-state index < -0.39 is 273 Å². The number of amides is 1. The number of rotatable bonds is 17. The number of nitrogens with one attached hydrogen (secondary N) is 1. The molecule has 606 valence electrons. The van der Waals surface area contributed by atoms with Crippen molar-refractivity contribution in [1.82, 2.24) is 5.32 Å². The number of para-hydroxylation sites is 1. The molecule has 5 aliphatic carbocycles. The SMILES string of the molecule is CC(=O)N[C@H]1[C@H](O[C@H]2CC[C@]3(C)[C@H]4CC=C5[C@H]6CC(C)(C)[C@@H](OC(=O)c7ccccc7N)C[C@]6(C(=O)O[C@@H]6O[C@H](CO)[C@@H](O)[C@H](O)[C@H]6O[C@@H]6O[C@@H](C)[C@H](O[C@@H]7OC[C@@H](O)[C@H](O)[C@H]7O)[C@@H](O)[C@H]6O)[C@H](O)C[C@@]5(C)[C@]4(C)CC[C@H]3C2(C)C)O[C@H](CO[C@@H]2O[C@H](C)[C@H](O)[C@H](O)[C@H]2O[C@@H]2OC[C@@H](O)[C@H](O)[C@H]2O)[C@@H](O)[C@@H]1O. The first-order chi connectivity index (χ1) is 50.2. The zero-order valence-corrected chi connectivity index (χ0v) is 61.8. The van der Waals surface area contributed by atoms with Gasteiger partial charge >= 0.3 is 11.9 Å². The fourth-order valence-electron chi connectivity index (χ4n) is 20.3. The summed E-state index contributed by atoms with van der Waals surface area (Å²) < 4.78 is 79.1. The summed E-state index contributed by atoms with van der Waals surface area (Å²) >= 11 is 0. The van der Waals surface area contributed by atoms with Crippen molar-refractivity contribution in [2.24, 2.45) is 50.2 Å². The molecule has 1 aromatic rings. The lowest BCUT2D eigenvalue weighted by Gasteiger charge is -2.72. The Morgan fingerprint density at radius 3 is 1.77 bits per heavy atom. The van der Waals surface area contributed by atoms with Gasteiger partial charge in [0.1, 0.15) is 127 Å². The van der Waals surface area contributed by atoms with Gasteiger partial charge in [0.25, 0.3) is 0 Å². The minimum absolute atomic E-state index is 0.0341. The highest BCUT2D eigenvalue weighted by Crippen LogP contribution is 2.76. The monoisotopic (exact) mass is 1530 g/mol. The van der Waals surface area contributed by atoms with Crippen LogP contribution >= 0.6 is 0 Å². The lowest BCUT2D eigenvalue weighted by atomic mass is 9.33. The van der Waals surface area contributed by atoms with E-state index in [0.717, 1.165) is 5.57 Å². The fraction of sp³-hybridized carbons (Fsp3) is 0.849. The normalized spacial score (nSPS) is 50.3. The van der Waals surface area contributed by atoms with Crippen LogP contribution < -0.4 is 11.1 Å². The summed E-state index contributed by atoms with van der Waals surface area (Å²) in [6.45, 7) is 16.4. The van der Waals surface area contributed by atoms with E-state index in [1.165, 1.54) is 32.9 Å². The average Bonchev–Trinajstić information content (AvgIpc) is 0.669. The maximum absolute atomic E-state index is 16.2. The predicted molar refractivity (Wildman–Crippen MR) is 362 cm³/mol. The Morgan fingerprint density at radius 1 is 0.561 bits per heavy atom. The Kier molecular flexibility index (Phi) is 24.0. The van der Waals surface area contributed by atoms with Crippen molar-refractivity contribution in [2.45, 2.75) is 311 Å². The Hall–Kier alpha value is -3.91. The molecule has 4 saturated carbocycles. The molecule has 34 nitrogen and oxygen atoms in total. The molecule has 0 spiro atoms. The predicted octanol–water partition coefficient (Wildman–Crippen LogP) is -3.52. The molecule has 0 bridgehead atoms. The smallest absolute Gasteiger partial charge is 0.340 e. The summed E-state index contributed by atoms with van der Waals surface area (Å²) in [5.74, 6) is -3.47. The second kappa shape index (κ2) is 31.1. The number of carbonyl (C=O) groups excluding carboxylic acids is 3. The first kappa shape index (κ1) is 82.5. The number of hydrogen-bond donors (Lipinski definition) is 18. The van der Waals surface area contributed by atoms with Crippen LogP contribution in [0.5, 0.6) is 0 Å². The van der Waals surface area contributed by atoms with Crippen molar-refractivity contribution in [2.75, 3.05) is 32.2 Å². The first-order valence-electron chi connectivity index (χ1n) is 37.3. The maximum Gasteiger partial charge on any atom is 0.340 e. The zero-order valence-electron chi connectivity index (χ0n) is 61.8. The second-order valence-electron chi connectivity index (χ2n) is 33.8. The van der Waals surface area contributed by atoms with Crippen molar-refractivity contribution in [3.05, 3.63) is 41.5 Å². The van der Waals surface area contributed by atoms with Crippen molar-refractivity contribution in [1.29, 1.82) is 0 Å². The molecule has 6 heterocycles. The molecule has 107 heavy (non-hydrogen) atoms. The highest BCUT2D eigenvalue weighted by molar-refractivity contribution is 5.95. The number of esters is 2. The fourth-order valence-corrected chi connectivity index (χ4v) is 20.3. The quantitative estimate of drug-likeness (QED) is 0.0311. The van der Waals surface area contributed by atoms with E-state index in [-0.39, 0.29) is 42.3 Å². The number of benzene rings is 1. The molecule has 12 rings (SSSR count). The van der Waals surface area contributed by atoms with Crippen LogP contribution in [-0.2, 0) is 71.2 Å². The van der Waals surface area contributed by atoms with Gasteiger partial charge in [-0.15, -0.1) is 0 Å². The molecule has 11 aliphatic rings. The standard InChI is InChI=1S/C73H112N2O32/c1-28-45(81)51(87)58(105-63-55(91)47(83)36(79)26-96-63)65(98-28)97-27-38-49(85)50(86)44(75-30(3)77)61(101-38)103-42-18-19-70(8)39(69(42,6)7)17-20-71(9)40(70)16-15-32-33-21-68(4,5)43(102-60(93)31-13-11-12-14-34(31)74)23-73(33,41(80)22-72(32,71)10)67(94)107-66-59(52(88)48(84)37(24-76)100-66)106-64-56(92)53(89)57(29(2)99-64)104-62-54(90)46(82)35(78)25-95-62/h11-15,28-29,33,35-59,61-66,76,78-92H,16-27,74H2,1-10H3,(H,75,77)/t28-,29+,33-,35-,36-,37-,38-,39+,40-,41-,42+,43+,44-,45+,46+,47+,48-,49-,50-,51+,52+,53+,54-,55-,56-,57+,58-,59-,61+,62+,63+,64+,65-,66+,70+,71-,72-,73-/m1/s1. The van der Waals surface area contributed by atoms with Gasteiger partial charge in [-0.25, -0.2) is 4.79 Å². The molecule has 10 fully saturated rings. The Bertz CT molecular complexity index is 3340. The summed E-state index contributed by atoms with van der Waals surface area (Å²) in [5.41, 5.74) is 1.82. The zero-order chi connectivity index (χ0) is 78.0. The minimum Gasteiger partial charge on any atom is -0.458 e. The van der Waals surface area contributed by atoms with Gasteiger partial charge in [-0.2, -0.15) is 0 Å². The molecule has 1 amide bonds. The van der Waals surface area contributed by atoms with E-state index in [1.807, 2.05) is 13.8 Å². The Labute approximate surface area is 619 Å². The van der Waals surface area contributed by atoms with Crippen LogP contribution in [0.3, 0.4) is 0 Å². The number of ether oxygens (including phenoxy) is 13. The lowest BCUT2D eigenvalue weighted by Crippen LogP contribution is -2.70. The molecule has 6 aliphatic heterocycles. The van der Waals surface area contributed by atoms with Crippen molar-refractivity contribution >= 4 is 23.5 Å². The molecule has 6 saturated heterocycles. The number of fused-ring (bicyclic) bond motifs is 7. The minimum atomic E-state index is -2.06. The summed E-state index contributed by atoms with van der Waals surface area (Å²) in [5, 5.41) is 181. The van der Waals surface area contributed by atoms with E-state index >= 15 is 4.79 Å². The van der Waals surface area contributed by atoms with Crippen LogP contribution in [0.2, 0.25) is 0 Å². The van der Waals surface area contributed by atoms with Gasteiger partial charge in [0.2, 0.25) is 12.2 Å². The van der Waals surface area contributed by atoms with E-state index in [2.05, 4.69) is 46.0 Å². The third-order valence-corrected chi connectivity index (χ3v) is 26.8. The molecular weight excluding hydrogens is 1420 g/mol. The first-order valence-corrected chi connectivity index (χ1v) is 37.3. The van der Waals surface area contributed by atoms with Gasteiger partial charge < -0.3 is 154 Å². The third kappa shape index (κ3) is 14.6. The number of nitrogens with two attached hydrogens (primary N) is 1. The molecule has 0 unspecified atom stereocenters. The van der Waals surface area contributed by atoms with Crippen molar-refractivity contribution in [3.8, 4) is 0 Å². The largest absolute Gasteiger partial charge is 0.458 e. The van der Waals surface area contributed by atoms with Crippen molar-refractivity contribution in [3.63, 3.8) is 0 Å². The van der Waals surface area contributed by atoms with E-state index in [0.29, 0.717) is 32.1 Å². The summed E-state index contributed by atoms with van der Waals surface area (Å²) in [4.78, 5) is 43.4. The maximum atomic E-state index is 16.2. The van der Waals surface area contributed by atoms with Gasteiger partial charge in [-0.05, 0) is 110 Å². The molecular formula is C73H112N2O32. The molecule has 19 N–H and O–H groups in total. The van der Waals surface area contributed by atoms with Gasteiger partial charge in [0, 0.05) is 24.4 Å².